The van der Waals surface area contributed by atoms with Crippen molar-refractivity contribution in [2.24, 2.45) is 0 Å². The fourth-order valence-electron chi connectivity index (χ4n) is 1.64. The Bertz CT molecular complexity index is 796. The minimum Gasteiger partial charge on any atom is -0.508 e. The van der Waals surface area contributed by atoms with Gasteiger partial charge in [0.15, 0.2) is 0 Å². The Hall–Kier alpha value is -2.68. The molecule has 2 rings (SSSR count). The number of nitriles is 1. The molecule has 2 aromatic carbocycles. The van der Waals surface area contributed by atoms with Crippen molar-refractivity contribution in [1.29, 1.82) is 5.26 Å². The molecular formula is C16H11Cl2N3O2. The van der Waals surface area contributed by atoms with Crippen LogP contribution in [-0.2, 0) is 4.79 Å². The van der Waals surface area contributed by atoms with Gasteiger partial charge in [0.25, 0.3) is 5.91 Å². The van der Waals surface area contributed by atoms with E-state index in [0.29, 0.717) is 21.4 Å². The molecule has 5 nitrogen and oxygen atoms in total. The first-order valence-corrected chi connectivity index (χ1v) is 7.17. The van der Waals surface area contributed by atoms with Gasteiger partial charge in [-0.05, 0) is 42.5 Å². The first-order chi connectivity index (χ1) is 11.0. The number of rotatable bonds is 4. The van der Waals surface area contributed by atoms with E-state index in [-0.39, 0.29) is 11.3 Å². The Morgan fingerprint density at radius 2 is 1.87 bits per heavy atom. The fraction of sp³-hybridized carbons (Fsp3) is 0. The number of phenols is 1. The summed E-state index contributed by atoms with van der Waals surface area (Å²) in [5.41, 5.74) is 0.785. The maximum absolute atomic E-state index is 12.1. The van der Waals surface area contributed by atoms with E-state index >= 15 is 0 Å². The number of anilines is 2. The average Bonchev–Trinajstić information content (AvgIpc) is 2.53. The van der Waals surface area contributed by atoms with E-state index in [2.05, 4.69) is 10.6 Å². The van der Waals surface area contributed by atoms with Gasteiger partial charge in [-0.2, -0.15) is 5.26 Å². The molecule has 0 heterocycles. The van der Waals surface area contributed by atoms with Crippen LogP contribution in [0.25, 0.3) is 0 Å². The van der Waals surface area contributed by atoms with E-state index in [1.54, 1.807) is 30.3 Å². The zero-order valence-corrected chi connectivity index (χ0v) is 13.2. The smallest absolute Gasteiger partial charge is 0.267 e. The number of benzene rings is 2. The van der Waals surface area contributed by atoms with Gasteiger partial charge in [-0.1, -0.05) is 23.2 Å². The third-order valence-corrected chi connectivity index (χ3v) is 3.36. The van der Waals surface area contributed by atoms with Crippen LogP contribution in [0.4, 0.5) is 11.4 Å². The summed E-state index contributed by atoms with van der Waals surface area (Å²) in [6, 6.07) is 12.6. The maximum atomic E-state index is 12.1. The van der Waals surface area contributed by atoms with Crippen LogP contribution in [0.3, 0.4) is 0 Å². The largest absolute Gasteiger partial charge is 0.508 e. The number of hydrogen-bond donors (Lipinski definition) is 3. The molecule has 116 valence electrons. The molecule has 0 atom stereocenters. The Balaban J connectivity index is 2.12. The molecule has 0 aromatic heterocycles. The normalized spacial score (nSPS) is 10.7. The Kier molecular flexibility index (Phi) is 5.47. The predicted octanol–water partition coefficient (Wildman–Crippen LogP) is 4.16. The molecule has 23 heavy (non-hydrogen) atoms. The molecule has 0 bridgehead atoms. The average molecular weight is 348 g/mol. The first kappa shape index (κ1) is 16.7. The predicted molar refractivity (Wildman–Crippen MR) is 90.5 cm³/mol. The number of carbonyl (C=O) groups excluding carboxylic acids is 1. The topological polar surface area (TPSA) is 85.2 Å². The van der Waals surface area contributed by atoms with Crippen LogP contribution in [-0.4, -0.2) is 11.0 Å². The molecule has 0 fully saturated rings. The third kappa shape index (κ3) is 4.65. The first-order valence-electron chi connectivity index (χ1n) is 6.42. The highest BCUT2D eigenvalue weighted by molar-refractivity contribution is 6.35. The number of amides is 1. The second kappa shape index (κ2) is 7.54. The van der Waals surface area contributed by atoms with Crippen LogP contribution in [0, 0.1) is 11.3 Å². The molecule has 0 saturated carbocycles. The van der Waals surface area contributed by atoms with Crippen LogP contribution in [0.5, 0.6) is 5.75 Å². The summed E-state index contributed by atoms with van der Waals surface area (Å²) in [4.78, 5) is 12.1. The highest BCUT2D eigenvalue weighted by Crippen LogP contribution is 2.25. The Labute approximate surface area is 142 Å². The minimum absolute atomic E-state index is 0.119. The van der Waals surface area contributed by atoms with Gasteiger partial charge >= 0.3 is 0 Å². The third-order valence-electron chi connectivity index (χ3n) is 2.79. The number of aromatic hydroxyl groups is 1. The van der Waals surface area contributed by atoms with Crippen LogP contribution in [0.1, 0.15) is 0 Å². The summed E-state index contributed by atoms with van der Waals surface area (Å²) < 4.78 is 0. The van der Waals surface area contributed by atoms with Crippen LogP contribution in [0.2, 0.25) is 10.0 Å². The van der Waals surface area contributed by atoms with E-state index in [1.165, 1.54) is 24.4 Å². The van der Waals surface area contributed by atoms with E-state index in [9.17, 15) is 9.90 Å². The molecule has 0 aliphatic rings. The van der Waals surface area contributed by atoms with Gasteiger partial charge < -0.3 is 15.7 Å². The fourth-order valence-corrected chi connectivity index (χ4v) is 1.98. The van der Waals surface area contributed by atoms with Crippen molar-refractivity contribution in [3.63, 3.8) is 0 Å². The van der Waals surface area contributed by atoms with Gasteiger partial charge in [0, 0.05) is 16.9 Å². The van der Waals surface area contributed by atoms with E-state index < -0.39 is 5.91 Å². The molecule has 0 aliphatic heterocycles. The summed E-state index contributed by atoms with van der Waals surface area (Å²) >= 11 is 11.8. The quantitative estimate of drug-likeness (QED) is 0.440. The lowest BCUT2D eigenvalue weighted by Crippen LogP contribution is -2.14. The number of carbonyl (C=O) groups is 1. The molecule has 0 radical (unpaired) electrons. The van der Waals surface area contributed by atoms with Gasteiger partial charge in [0.05, 0.1) is 10.7 Å². The SMILES string of the molecule is N#C/C(=C/Nc1ccc(O)cc1)C(=O)Nc1cc(Cl)ccc1Cl. The summed E-state index contributed by atoms with van der Waals surface area (Å²) in [7, 11) is 0. The van der Waals surface area contributed by atoms with E-state index in [1.807, 2.05) is 0 Å². The van der Waals surface area contributed by atoms with Gasteiger partial charge in [-0.15, -0.1) is 0 Å². The molecular weight excluding hydrogens is 337 g/mol. The highest BCUT2D eigenvalue weighted by atomic mass is 35.5. The number of halogens is 2. The van der Waals surface area contributed by atoms with Gasteiger partial charge in [-0.3, -0.25) is 4.79 Å². The maximum Gasteiger partial charge on any atom is 0.267 e. The lowest BCUT2D eigenvalue weighted by Gasteiger charge is -2.07. The molecule has 0 unspecified atom stereocenters. The summed E-state index contributed by atoms with van der Waals surface area (Å²) in [5, 5.41) is 24.3. The van der Waals surface area contributed by atoms with Crippen LogP contribution < -0.4 is 10.6 Å². The lowest BCUT2D eigenvalue weighted by atomic mass is 10.2. The molecule has 1 amide bonds. The number of phenolic OH excluding ortho intramolecular Hbond substituents is 1. The van der Waals surface area contributed by atoms with Crippen molar-refractivity contribution in [1.82, 2.24) is 0 Å². The van der Waals surface area contributed by atoms with Crippen LogP contribution in [0.15, 0.2) is 54.2 Å². The number of nitrogens with zero attached hydrogens (tertiary/aromatic N) is 1. The van der Waals surface area contributed by atoms with Gasteiger partial charge in [0.1, 0.15) is 17.4 Å². The number of nitrogens with one attached hydrogen (secondary N) is 2. The monoisotopic (exact) mass is 347 g/mol. The van der Waals surface area contributed by atoms with Gasteiger partial charge in [-0.25, -0.2) is 0 Å². The van der Waals surface area contributed by atoms with E-state index in [0.717, 1.165) is 0 Å². The second-order valence-electron chi connectivity index (χ2n) is 4.44. The Morgan fingerprint density at radius 3 is 2.52 bits per heavy atom. The molecule has 7 heteroatoms. The minimum atomic E-state index is -0.622. The van der Waals surface area contributed by atoms with Crippen molar-refractivity contribution in [2.75, 3.05) is 10.6 Å². The lowest BCUT2D eigenvalue weighted by molar-refractivity contribution is -0.112. The number of hydrogen-bond acceptors (Lipinski definition) is 4. The zero-order chi connectivity index (χ0) is 16.8. The van der Waals surface area contributed by atoms with Crippen molar-refractivity contribution >= 4 is 40.5 Å². The van der Waals surface area contributed by atoms with Crippen molar-refractivity contribution < 1.29 is 9.90 Å². The summed E-state index contributed by atoms with van der Waals surface area (Å²) in [6.07, 6.45) is 1.26. The van der Waals surface area contributed by atoms with Crippen LogP contribution >= 0.6 is 23.2 Å². The molecule has 0 saturated heterocycles. The second-order valence-corrected chi connectivity index (χ2v) is 5.28. The zero-order valence-electron chi connectivity index (χ0n) is 11.7. The molecule has 2 aromatic rings. The standard InChI is InChI=1S/C16H11Cl2N3O2/c17-11-1-6-14(18)15(7-11)21-16(23)10(8-19)9-20-12-2-4-13(22)5-3-12/h1-7,9,20,22H,(H,21,23)/b10-9-. The van der Waals surface area contributed by atoms with Crippen molar-refractivity contribution in [3.05, 3.63) is 64.3 Å². The van der Waals surface area contributed by atoms with Crippen molar-refractivity contribution in [2.45, 2.75) is 0 Å². The van der Waals surface area contributed by atoms with Crippen molar-refractivity contribution in [3.8, 4) is 11.8 Å². The summed E-state index contributed by atoms with van der Waals surface area (Å²) in [6.45, 7) is 0. The molecule has 3 N–H and O–H groups in total. The van der Waals surface area contributed by atoms with Gasteiger partial charge in [0.2, 0.25) is 0 Å². The van der Waals surface area contributed by atoms with E-state index in [4.69, 9.17) is 28.5 Å². The Morgan fingerprint density at radius 1 is 1.17 bits per heavy atom. The summed E-state index contributed by atoms with van der Waals surface area (Å²) in [5.74, 6) is -0.503. The molecule has 0 aliphatic carbocycles. The molecule has 0 spiro atoms. The highest BCUT2D eigenvalue weighted by Gasteiger charge is 2.11.